The highest BCUT2D eigenvalue weighted by Crippen LogP contribution is 2.28. The number of carboxylic acid groups (broad SMARTS) is 1. The summed E-state index contributed by atoms with van der Waals surface area (Å²) in [5.41, 5.74) is 2.51. The van der Waals surface area contributed by atoms with Crippen LogP contribution in [0, 0.1) is 0 Å². The summed E-state index contributed by atoms with van der Waals surface area (Å²) in [6.45, 7) is 0. The molecule has 24 heavy (non-hydrogen) atoms. The number of rotatable bonds is 2. The average molecular weight is 319 g/mol. The lowest BCUT2D eigenvalue weighted by atomic mass is 10.0. The zero-order valence-electron chi connectivity index (χ0n) is 12.8. The van der Waals surface area contributed by atoms with Gasteiger partial charge < -0.3 is 14.7 Å². The fourth-order valence-electron chi connectivity index (χ4n) is 2.96. The van der Waals surface area contributed by atoms with Crippen molar-refractivity contribution in [3.05, 3.63) is 64.7 Å². The minimum absolute atomic E-state index is 0.139. The highest BCUT2D eigenvalue weighted by atomic mass is 16.4. The number of benzene rings is 1. The van der Waals surface area contributed by atoms with Crippen LogP contribution in [0.3, 0.4) is 0 Å². The van der Waals surface area contributed by atoms with Gasteiger partial charge in [-0.1, -0.05) is 6.07 Å². The van der Waals surface area contributed by atoms with E-state index >= 15 is 0 Å². The molecule has 0 aliphatic heterocycles. The molecule has 0 amide bonds. The number of fused-ring (bicyclic) bond motifs is 2. The summed E-state index contributed by atoms with van der Waals surface area (Å²) in [6.07, 6.45) is 3.59. The summed E-state index contributed by atoms with van der Waals surface area (Å²) in [6, 6.07) is 10.2. The van der Waals surface area contributed by atoms with Crippen molar-refractivity contribution >= 4 is 27.9 Å². The molecule has 0 unspecified atom stereocenters. The Labute approximate surface area is 136 Å². The first-order chi connectivity index (χ1) is 11.5. The number of aromatic amines is 1. The number of aromatic carboxylic acids is 1. The molecule has 0 saturated carbocycles. The molecule has 0 saturated heterocycles. The van der Waals surface area contributed by atoms with E-state index in [9.17, 15) is 9.59 Å². The normalized spacial score (nSPS) is 11.2. The Bertz CT molecular complexity index is 1170. The van der Waals surface area contributed by atoms with E-state index in [-0.39, 0.29) is 11.1 Å². The van der Waals surface area contributed by atoms with E-state index in [0.717, 1.165) is 22.0 Å². The molecule has 4 rings (SSSR count). The quantitative estimate of drug-likeness (QED) is 0.594. The van der Waals surface area contributed by atoms with Gasteiger partial charge in [0.1, 0.15) is 5.65 Å². The molecular formula is C18H13N3O3. The number of aryl methyl sites for hydroxylation is 1. The molecule has 0 fully saturated rings. The third-order valence-electron chi connectivity index (χ3n) is 4.12. The Morgan fingerprint density at radius 3 is 2.83 bits per heavy atom. The van der Waals surface area contributed by atoms with Crippen molar-refractivity contribution < 1.29 is 9.90 Å². The van der Waals surface area contributed by atoms with Gasteiger partial charge in [-0.15, -0.1) is 0 Å². The largest absolute Gasteiger partial charge is 0.478 e. The van der Waals surface area contributed by atoms with Crippen LogP contribution < -0.4 is 5.56 Å². The molecule has 0 bridgehead atoms. The fourth-order valence-corrected chi connectivity index (χ4v) is 2.96. The van der Waals surface area contributed by atoms with Crippen molar-refractivity contribution in [3.8, 4) is 11.1 Å². The van der Waals surface area contributed by atoms with Crippen LogP contribution in [0.15, 0.2) is 53.6 Å². The number of nitrogens with zero attached hydrogens (tertiary/aromatic N) is 2. The van der Waals surface area contributed by atoms with E-state index in [1.165, 1.54) is 12.1 Å². The Hall–Kier alpha value is -3.41. The van der Waals surface area contributed by atoms with E-state index in [0.29, 0.717) is 11.1 Å². The maximum Gasteiger partial charge on any atom is 0.335 e. The lowest BCUT2D eigenvalue weighted by Gasteiger charge is -2.04. The van der Waals surface area contributed by atoms with Crippen molar-refractivity contribution in [2.75, 3.05) is 0 Å². The van der Waals surface area contributed by atoms with Gasteiger partial charge in [0.25, 0.3) is 5.56 Å². The molecule has 0 atom stereocenters. The van der Waals surface area contributed by atoms with E-state index in [4.69, 9.17) is 5.11 Å². The lowest BCUT2D eigenvalue weighted by molar-refractivity contribution is 0.0697. The van der Waals surface area contributed by atoms with Gasteiger partial charge in [-0.05, 0) is 35.7 Å². The monoisotopic (exact) mass is 319 g/mol. The zero-order chi connectivity index (χ0) is 16.8. The molecule has 0 spiro atoms. The second-order valence-electron chi connectivity index (χ2n) is 5.65. The van der Waals surface area contributed by atoms with E-state index < -0.39 is 5.97 Å². The highest BCUT2D eigenvalue weighted by molar-refractivity contribution is 5.97. The average Bonchev–Trinajstić information content (AvgIpc) is 2.91. The molecule has 6 nitrogen and oxygen atoms in total. The molecule has 0 radical (unpaired) electrons. The number of aromatic nitrogens is 3. The summed E-state index contributed by atoms with van der Waals surface area (Å²) in [7, 11) is 1.88. The van der Waals surface area contributed by atoms with Gasteiger partial charge in [0.05, 0.1) is 5.56 Å². The molecule has 4 aromatic rings. The topological polar surface area (TPSA) is 88.0 Å². The minimum atomic E-state index is -1.03. The second-order valence-corrected chi connectivity index (χ2v) is 5.65. The van der Waals surface area contributed by atoms with E-state index in [1.54, 1.807) is 18.3 Å². The number of hydrogen-bond donors (Lipinski definition) is 2. The first-order valence-electron chi connectivity index (χ1n) is 7.35. The number of hydrogen-bond acceptors (Lipinski definition) is 3. The molecule has 3 heterocycles. The Balaban J connectivity index is 2.00. The highest BCUT2D eigenvalue weighted by Gasteiger charge is 2.14. The predicted molar refractivity (Wildman–Crippen MR) is 91.2 cm³/mol. The fraction of sp³-hybridized carbons (Fsp3) is 0.0556. The van der Waals surface area contributed by atoms with Gasteiger partial charge in [-0.3, -0.25) is 4.79 Å². The standard InChI is InChI=1S/C18H13N3O3/c1-21-9-14(12-3-2-6-19-16(12)21)13-7-10-4-5-11(18(23)24)8-15(10)20-17(13)22/h2-9H,1H3,(H,20,22)(H,23,24). The third-order valence-corrected chi connectivity index (χ3v) is 4.12. The van der Waals surface area contributed by atoms with Crippen LogP contribution >= 0.6 is 0 Å². The lowest BCUT2D eigenvalue weighted by Crippen LogP contribution is -2.09. The number of pyridine rings is 2. The molecule has 6 heteroatoms. The summed E-state index contributed by atoms with van der Waals surface area (Å²) < 4.78 is 1.88. The van der Waals surface area contributed by atoms with Gasteiger partial charge in [-0.25, -0.2) is 9.78 Å². The van der Waals surface area contributed by atoms with Crippen molar-refractivity contribution in [3.63, 3.8) is 0 Å². The van der Waals surface area contributed by atoms with Crippen molar-refractivity contribution in [2.24, 2.45) is 7.05 Å². The maximum absolute atomic E-state index is 12.5. The van der Waals surface area contributed by atoms with Crippen LogP contribution in [-0.4, -0.2) is 25.6 Å². The smallest absolute Gasteiger partial charge is 0.335 e. The first-order valence-corrected chi connectivity index (χ1v) is 7.35. The van der Waals surface area contributed by atoms with Gasteiger partial charge in [0, 0.05) is 41.5 Å². The first kappa shape index (κ1) is 14.2. The number of carbonyl (C=O) groups is 1. The third kappa shape index (κ3) is 2.08. The van der Waals surface area contributed by atoms with Crippen LogP contribution in [0.5, 0.6) is 0 Å². The summed E-state index contributed by atoms with van der Waals surface area (Å²) >= 11 is 0. The minimum Gasteiger partial charge on any atom is -0.478 e. The molecule has 1 aromatic carbocycles. The van der Waals surface area contributed by atoms with Gasteiger partial charge in [-0.2, -0.15) is 0 Å². The van der Waals surface area contributed by atoms with Crippen molar-refractivity contribution in [1.29, 1.82) is 0 Å². The van der Waals surface area contributed by atoms with Crippen molar-refractivity contribution in [2.45, 2.75) is 0 Å². The van der Waals surface area contributed by atoms with Crippen LogP contribution in [0.4, 0.5) is 0 Å². The number of carboxylic acids is 1. The Morgan fingerprint density at radius 2 is 2.04 bits per heavy atom. The number of nitrogens with one attached hydrogen (secondary N) is 1. The van der Waals surface area contributed by atoms with E-state index in [2.05, 4.69) is 9.97 Å². The van der Waals surface area contributed by atoms with Crippen molar-refractivity contribution in [1.82, 2.24) is 14.5 Å². The molecular weight excluding hydrogens is 306 g/mol. The van der Waals surface area contributed by atoms with Gasteiger partial charge in [0.2, 0.25) is 0 Å². The summed E-state index contributed by atoms with van der Waals surface area (Å²) in [4.78, 5) is 30.7. The maximum atomic E-state index is 12.5. The molecule has 3 aromatic heterocycles. The SMILES string of the molecule is Cn1cc(-c2cc3ccc(C(=O)O)cc3[nH]c2=O)c2cccnc21. The molecule has 0 aliphatic carbocycles. The van der Waals surface area contributed by atoms with E-state index in [1.807, 2.05) is 29.9 Å². The summed E-state index contributed by atoms with van der Waals surface area (Å²) in [5, 5.41) is 10.7. The second kappa shape index (κ2) is 5.06. The van der Waals surface area contributed by atoms with Crippen LogP contribution in [0.1, 0.15) is 10.4 Å². The molecule has 118 valence electrons. The zero-order valence-corrected chi connectivity index (χ0v) is 12.8. The van der Waals surface area contributed by atoms with Crippen LogP contribution in [-0.2, 0) is 7.05 Å². The Kier molecular flexibility index (Phi) is 2.99. The predicted octanol–water partition coefficient (Wildman–Crippen LogP) is 2.78. The van der Waals surface area contributed by atoms with Gasteiger partial charge in [0.15, 0.2) is 0 Å². The molecule has 0 aliphatic rings. The number of H-pyrrole nitrogens is 1. The Morgan fingerprint density at radius 1 is 1.21 bits per heavy atom. The molecule has 2 N–H and O–H groups in total. The van der Waals surface area contributed by atoms with Gasteiger partial charge >= 0.3 is 5.97 Å². The van der Waals surface area contributed by atoms with Crippen LogP contribution in [0.25, 0.3) is 33.1 Å². The van der Waals surface area contributed by atoms with Crippen LogP contribution in [0.2, 0.25) is 0 Å². The summed E-state index contributed by atoms with van der Waals surface area (Å²) in [5.74, 6) is -1.03.